The molecule has 0 amide bonds. The zero-order valence-corrected chi connectivity index (χ0v) is 7.41. The van der Waals surface area contributed by atoms with Gasteiger partial charge in [-0.05, 0) is 36.6 Å². The van der Waals surface area contributed by atoms with Crippen LogP contribution >= 0.6 is 23.2 Å². The van der Waals surface area contributed by atoms with Crippen LogP contribution in [0, 0.1) is 5.92 Å². The Kier molecular flexibility index (Phi) is 1.82. The van der Waals surface area contributed by atoms with Gasteiger partial charge < -0.3 is 0 Å². The molecule has 0 N–H and O–H groups in total. The maximum Gasteiger partial charge on any atom is 0.0423 e. The number of hydrogen-bond acceptors (Lipinski definition) is 0. The average Bonchev–Trinajstić information content (AvgIpc) is 2.64. The van der Waals surface area contributed by atoms with Crippen LogP contribution in [-0.2, 0) is 0 Å². The van der Waals surface area contributed by atoms with E-state index >= 15 is 0 Å². The lowest BCUT2D eigenvalue weighted by Crippen LogP contribution is -1.79. The molecule has 0 atom stereocenters. The Morgan fingerprint density at radius 3 is 1.91 bits per heavy atom. The smallest absolute Gasteiger partial charge is 0.0423 e. The molecule has 1 aromatic rings. The van der Waals surface area contributed by atoms with Crippen molar-refractivity contribution in [3.05, 3.63) is 39.7 Å². The van der Waals surface area contributed by atoms with Crippen molar-refractivity contribution in [1.82, 2.24) is 0 Å². The van der Waals surface area contributed by atoms with E-state index in [-0.39, 0.29) is 0 Å². The van der Waals surface area contributed by atoms with Gasteiger partial charge in [0, 0.05) is 16.0 Å². The van der Waals surface area contributed by atoms with Gasteiger partial charge in [0.15, 0.2) is 0 Å². The van der Waals surface area contributed by atoms with Crippen LogP contribution in [0.5, 0.6) is 0 Å². The van der Waals surface area contributed by atoms with Gasteiger partial charge in [-0.15, -0.1) is 0 Å². The predicted octanol–water partition coefficient (Wildman–Crippen LogP) is 3.71. The summed E-state index contributed by atoms with van der Waals surface area (Å²) in [7, 11) is 0. The zero-order valence-electron chi connectivity index (χ0n) is 5.90. The second kappa shape index (κ2) is 2.69. The highest BCUT2D eigenvalue weighted by Crippen LogP contribution is 2.40. The standard InChI is InChI=1S/C9H7Cl2/c10-8-3-7(6-1-2-6)4-9(11)5-8/h3-5H,1-2H2. The minimum absolute atomic E-state index is 0.729. The van der Waals surface area contributed by atoms with Gasteiger partial charge in [-0.2, -0.15) is 0 Å². The molecule has 0 spiro atoms. The Morgan fingerprint density at radius 1 is 0.909 bits per heavy atom. The SMILES string of the molecule is Clc1cc(Cl)cc([C]2CC2)c1. The normalized spacial score (nSPS) is 16.9. The lowest BCUT2D eigenvalue weighted by Gasteiger charge is -1.98. The molecule has 2 rings (SSSR count). The van der Waals surface area contributed by atoms with Crippen LogP contribution in [0.25, 0.3) is 0 Å². The van der Waals surface area contributed by atoms with Crippen molar-refractivity contribution in [3.8, 4) is 0 Å². The first kappa shape index (κ1) is 7.45. The van der Waals surface area contributed by atoms with E-state index in [0.717, 1.165) is 10.0 Å². The van der Waals surface area contributed by atoms with Gasteiger partial charge in [-0.3, -0.25) is 0 Å². The van der Waals surface area contributed by atoms with E-state index in [1.165, 1.54) is 24.3 Å². The third kappa shape index (κ3) is 1.69. The molecule has 11 heavy (non-hydrogen) atoms. The molecule has 2 heteroatoms. The first-order valence-electron chi connectivity index (χ1n) is 3.57. The molecule has 1 aromatic carbocycles. The van der Waals surface area contributed by atoms with E-state index < -0.39 is 0 Å². The van der Waals surface area contributed by atoms with Crippen molar-refractivity contribution in [1.29, 1.82) is 0 Å². The van der Waals surface area contributed by atoms with Crippen LogP contribution in [0.1, 0.15) is 18.4 Å². The van der Waals surface area contributed by atoms with Crippen LogP contribution in [0.2, 0.25) is 10.0 Å². The van der Waals surface area contributed by atoms with Crippen molar-refractivity contribution >= 4 is 23.2 Å². The molecule has 0 aliphatic heterocycles. The molecule has 1 aliphatic carbocycles. The van der Waals surface area contributed by atoms with Crippen LogP contribution in [0.3, 0.4) is 0 Å². The van der Waals surface area contributed by atoms with Gasteiger partial charge in [-0.1, -0.05) is 23.2 Å². The first-order chi connectivity index (χ1) is 5.25. The summed E-state index contributed by atoms with van der Waals surface area (Å²) in [5.74, 6) is 1.47. The number of rotatable bonds is 1. The van der Waals surface area contributed by atoms with Gasteiger partial charge in [0.2, 0.25) is 0 Å². The molecule has 1 radical (unpaired) electrons. The molecule has 1 fully saturated rings. The third-order valence-electron chi connectivity index (χ3n) is 1.77. The largest absolute Gasteiger partial charge is 0.0843 e. The van der Waals surface area contributed by atoms with Crippen LogP contribution < -0.4 is 0 Å². The fraction of sp³-hybridized carbons (Fsp3) is 0.222. The second-order valence-corrected chi connectivity index (χ2v) is 3.63. The Labute approximate surface area is 76.1 Å². The van der Waals surface area contributed by atoms with E-state index in [1.807, 2.05) is 12.1 Å². The van der Waals surface area contributed by atoms with Crippen LogP contribution in [0.4, 0.5) is 0 Å². The summed E-state index contributed by atoms with van der Waals surface area (Å²) in [5.41, 5.74) is 1.21. The number of benzene rings is 1. The molecule has 0 unspecified atom stereocenters. The van der Waals surface area contributed by atoms with E-state index in [9.17, 15) is 0 Å². The van der Waals surface area contributed by atoms with E-state index in [4.69, 9.17) is 23.2 Å². The maximum atomic E-state index is 5.82. The molecule has 57 valence electrons. The quantitative estimate of drug-likeness (QED) is 0.627. The molecular formula is C9H7Cl2. The van der Waals surface area contributed by atoms with E-state index in [1.54, 1.807) is 6.07 Å². The van der Waals surface area contributed by atoms with Crippen molar-refractivity contribution in [3.63, 3.8) is 0 Å². The maximum absolute atomic E-state index is 5.82. The van der Waals surface area contributed by atoms with Crippen LogP contribution in [-0.4, -0.2) is 0 Å². The summed E-state index contributed by atoms with van der Waals surface area (Å²) in [4.78, 5) is 0. The lowest BCUT2D eigenvalue weighted by atomic mass is 10.1. The second-order valence-electron chi connectivity index (χ2n) is 2.76. The third-order valence-corrected chi connectivity index (χ3v) is 2.21. The summed E-state index contributed by atoms with van der Waals surface area (Å²) in [5, 5.41) is 1.46. The molecular weight excluding hydrogens is 179 g/mol. The Balaban J connectivity index is 2.39. The molecule has 0 heterocycles. The minimum atomic E-state index is 0.729. The molecule has 0 bridgehead atoms. The Hall–Kier alpha value is -0.200. The Morgan fingerprint density at radius 2 is 1.45 bits per heavy atom. The minimum Gasteiger partial charge on any atom is -0.0843 e. The zero-order chi connectivity index (χ0) is 7.84. The highest BCUT2D eigenvalue weighted by Gasteiger charge is 2.24. The van der Waals surface area contributed by atoms with Gasteiger partial charge >= 0.3 is 0 Å². The van der Waals surface area contributed by atoms with Gasteiger partial charge in [0.05, 0.1) is 0 Å². The first-order valence-corrected chi connectivity index (χ1v) is 4.32. The van der Waals surface area contributed by atoms with Gasteiger partial charge in [0.1, 0.15) is 0 Å². The van der Waals surface area contributed by atoms with E-state index in [2.05, 4.69) is 0 Å². The van der Waals surface area contributed by atoms with Gasteiger partial charge in [-0.25, -0.2) is 0 Å². The van der Waals surface area contributed by atoms with Crippen molar-refractivity contribution in [2.24, 2.45) is 0 Å². The Bertz CT molecular complexity index is 257. The fourth-order valence-electron chi connectivity index (χ4n) is 1.11. The molecule has 0 saturated heterocycles. The summed E-state index contributed by atoms with van der Waals surface area (Å²) >= 11 is 11.6. The number of hydrogen-bond donors (Lipinski definition) is 0. The van der Waals surface area contributed by atoms with Gasteiger partial charge in [0.25, 0.3) is 0 Å². The molecule has 1 aliphatic rings. The van der Waals surface area contributed by atoms with Crippen molar-refractivity contribution in [2.45, 2.75) is 12.8 Å². The predicted molar refractivity (Wildman–Crippen MR) is 48.0 cm³/mol. The summed E-state index contributed by atoms with van der Waals surface area (Å²) in [6.07, 6.45) is 2.41. The summed E-state index contributed by atoms with van der Waals surface area (Å²) in [6.45, 7) is 0. The average molecular weight is 186 g/mol. The molecule has 0 aromatic heterocycles. The van der Waals surface area contributed by atoms with E-state index in [0.29, 0.717) is 0 Å². The molecule has 0 nitrogen and oxygen atoms in total. The topological polar surface area (TPSA) is 0 Å². The molecule has 1 saturated carbocycles. The lowest BCUT2D eigenvalue weighted by molar-refractivity contribution is 1.41. The fourth-order valence-corrected chi connectivity index (χ4v) is 1.64. The monoisotopic (exact) mass is 185 g/mol. The highest BCUT2D eigenvalue weighted by molar-refractivity contribution is 6.34. The van der Waals surface area contributed by atoms with Crippen molar-refractivity contribution < 1.29 is 0 Å². The number of halogens is 2. The summed E-state index contributed by atoms with van der Waals surface area (Å²) < 4.78 is 0. The summed E-state index contributed by atoms with van der Waals surface area (Å²) in [6, 6.07) is 5.70. The highest BCUT2D eigenvalue weighted by atomic mass is 35.5. The van der Waals surface area contributed by atoms with Crippen molar-refractivity contribution in [2.75, 3.05) is 0 Å². The van der Waals surface area contributed by atoms with Crippen LogP contribution in [0.15, 0.2) is 18.2 Å².